The van der Waals surface area contributed by atoms with Crippen molar-refractivity contribution in [3.8, 4) is 0 Å². The van der Waals surface area contributed by atoms with E-state index >= 15 is 0 Å². The Morgan fingerprint density at radius 2 is 1.73 bits per heavy atom. The normalized spacial score (nSPS) is 19.4. The second kappa shape index (κ2) is 8.59. The number of nitrogens with zero attached hydrogens (tertiary/aromatic N) is 1. The van der Waals surface area contributed by atoms with Crippen LogP contribution in [0.4, 0.5) is 5.69 Å². The highest BCUT2D eigenvalue weighted by Crippen LogP contribution is 2.32. The average molecular weight is 420 g/mol. The standard InChI is InChI=1S/C24H18ClNO4/c25-17-8-9-20(18(13-17)24(29)15-5-2-1-3-6-15)26-14-19-21(27)11-16(12-22(19)28)23-7-4-10-30-23/h1-10,13-14,16,19H,11-12H2. The maximum atomic E-state index is 12.9. The highest BCUT2D eigenvalue weighted by molar-refractivity contribution is 6.31. The molecule has 0 unspecified atom stereocenters. The summed E-state index contributed by atoms with van der Waals surface area (Å²) in [5, 5.41) is 0.402. The molecule has 6 heteroatoms. The zero-order valence-corrected chi connectivity index (χ0v) is 16.7. The molecule has 2 aromatic carbocycles. The van der Waals surface area contributed by atoms with Gasteiger partial charge in [-0.1, -0.05) is 41.9 Å². The third-order valence-electron chi connectivity index (χ3n) is 5.14. The van der Waals surface area contributed by atoms with Crippen LogP contribution in [-0.2, 0) is 9.59 Å². The fourth-order valence-electron chi connectivity index (χ4n) is 3.58. The molecule has 30 heavy (non-hydrogen) atoms. The number of halogens is 1. The molecule has 0 spiro atoms. The lowest BCUT2D eigenvalue weighted by Crippen LogP contribution is -2.33. The molecule has 1 aliphatic rings. The summed E-state index contributed by atoms with van der Waals surface area (Å²) in [4.78, 5) is 42.4. The maximum Gasteiger partial charge on any atom is 0.195 e. The Balaban J connectivity index is 1.58. The van der Waals surface area contributed by atoms with Gasteiger partial charge in [-0.3, -0.25) is 19.4 Å². The van der Waals surface area contributed by atoms with E-state index in [1.54, 1.807) is 54.6 Å². The fraction of sp³-hybridized carbons (Fsp3) is 0.167. The number of rotatable bonds is 5. The van der Waals surface area contributed by atoms with Gasteiger partial charge >= 0.3 is 0 Å². The molecule has 0 aliphatic heterocycles. The lowest BCUT2D eigenvalue weighted by atomic mass is 9.79. The first-order valence-electron chi connectivity index (χ1n) is 9.55. The topological polar surface area (TPSA) is 76.7 Å². The number of hydrogen-bond acceptors (Lipinski definition) is 5. The molecule has 0 bridgehead atoms. The summed E-state index contributed by atoms with van der Waals surface area (Å²) in [6.45, 7) is 0. The molecular weight excluding hydrogens is 402 g/mol. The molecule has 1 saturated carbocycles. The smallest absolute Gasteiger partial charge is 0.195 e. The lowest BCUT2D eigenvalue weighted by Gasteiger charge is -2.22. The summed E-state index contributed by atoms with van der Waals surface area (Å²) >= 11 is 6.09. The summed E-state index contributed by atoms with van der Waals surface area (Å²) in [5.41, 5.74) is 1.18. The quantitative estimate of drug-likeness (QED) is 0.323. The molecule has 1 heterocycles. The third-order valence-corrected chi connectivity index (χ3v) is 5.37. The molecule has 150 valence electrons. The van der Waals surface area contributed by atoms with E-state index in [9.17, 15) is 14.4 Å². The number of carbonyl (C=O) groups is 3. The van der Waals surface area contributed by atoms with Crippen molar-refractivity contribution in [1.82, 2.24) is 0 Å². The molecule has 0 N–H and O–H groups in total. The minimum atomic E-state index is -0.924. The summed E-state index contributed by atoms with van der Waals surface area (Å²) in [6, 6.07) is 17.1. The van der Waals surface area contributed by atoms with Gasteiger partial charge in [-0.05, 0) is 30.3 Å². The van der Waals surface area contributed by atoms with E-state index in [1.165, 1.54) is 12.5 Å². The summed E-state index contributed by atoms with van der Waals surface area (Å²) in [6.07, 6.45) is 3.30. The molecule has 0 radical (unpaired) electrons. The van der Waals surface area contributed by atoms with E-state index in [2.05, 4.69) is 4.99 Å². The minimum Gasteiger partial charge on any atom is -0.469 e. The second-order valence-corrected chi connectivity index (χ2v) is 7.60. The zero-order valence-electron chi connectivity index (χ0n) is 16.0. The molecular formula is C24H18ClNO4. The van der Waals surface area contributed by atoms with Crippen molar-refractivity contribution in [2.45, 2.75) is 18.8 Å². The van der Waals surface area contributed by atoms with Crippen LogP contribution in [0.3, 0.4) is 0 Å². The van der Waals surface area contributed by atoms with Gasteiger partial charge in [0.15, 0.2) is 5.78 Å². The van der Waals surface area contributed by atoms with Crippen LogP contribution in [0.15, 0.2) is 76.3 Å². The zero-order chi connectivity index (χ0) is 21.1. The van der Waals surface area contributed by atoms with E-state index in [-0.39, 0.29) is 36.1 Å². The number of carbonyl (C=O) groups excluding carboxylic acids is 3. The van der Waals surface area contributed by atoms with Gasteiger partial charge in [0.1, 0.15) is 23.2 Å². The fourth-order valence-corrected chi connectivity index (χ4v) is 3.76. The number of hydrogen-bond donors (Lipinski definition) is 0. The van der Waals surface area contributed by atoms with Crippen molar-refractivity contribution in [3.63, 3.8) is 0 Å². The van der Waals surface area contributed by atoms with Crippen molar-refractivity contribution >= 4 is 40.9 Å². The molecule has 1 aromatic heterocycles. The van der Waals surface area contributed by atoms with Crippen LogP contribution in [0, 0.1) is 5.92 Å². The van der Waals surface area contributed by atoms with Crippen molar-refractivity contribution in [2.75, 3.05) is 0 Å². The van der Waals surface area contributed by atoms with Crippen LogP contribution in [0.25, 0.3) is 0 Å². The van der Waals surface area contributed by atoms with Gasteiger partial charge in [0.25, 0.3) is 0 Å². The second-order valence-electron chi connectivity index (χ2n) is 7.17. The van der Waals surface area contributed by atoms with Crippen LogP contribution in [-0.4, -0.2) is 23.6 Å². The van der Waals surface area contributed by atoms with Crippen LogP contribution in [0.1, 0.15) is 40.4 Å². The van der Waals surface area contributed by atoms with Gasteiger partial charge in [-0.25, -0.2) is 0 Å². The Kier molecular flexibility index (Phi) is 5.72. The number of benzene rings is 2. The first kappa shape index (κ1) is 20.0. The first-order valence-corrected chi connectivity index (χ1v) is 9.93. The predicted molar refractivity (Wildman–Crippen MR) is 114 cm³/mol. The maximum absolute atomic E-state index is 12.9. The molecule has 1 fully saturated rings. The third kappa shape index (κ3) is 4.16. The predicted octanol–water partition coefficient (Wildman–Crippen LogP) is 5.20. The summed E-state index contributed by atoms with van der Waals surface area (Å²) < 4.78 is 5.34. The van der Waals surface area contributed by atoms with Gasteiger partial charge in [-0.2, -0.15) is 0 Å². The Hall–Kier alpha value is -3.31. The van der Waals surface area contributed by atoms with Crippen molar-refractivity contribution in [2.24, 2.45) is 10.9 Å². The van der Waals surface area contributed by atoms with Gasteiger partial charge in [0, 0.05) is 41.1 Å². The molecule has 1 aliphatic carbocycles. The van der Waals surface area contributed by atoms with E-state index in [0.717, 1.165) is 0 Å². The molecule has 0 saturated heterocycles. The number of Topliss-reactive ketones (excluding diaryl/α,β-unsaturated/α-hetero) is 2. The Morgan fingerprint density at radius 3 is 2.40 bits per heavy atom. The van der Waals surface area contributed by atoms with E-state index in [4.69, 9.17) is 16.0 Å². The van der Waals surface area contributed by atoms with Gasteiger partial charge in [0.2, 0.25) is 0 Å². The van der Waals surface area contributed by atoms with Crippen LogP contribution in [0.5, 0.6) is 0 Å². The largest absolute Gasteiger partial charge is 0.469 e. The van der Waals surface area contributed by atoms with Crippen molar-refractivity contribution < 1.29 is 18.8 Å². The Labute approximate surface area is 178 Å². The van der Waals surface area contributed by atoms with E-state index < -0.39 is 5.92 Å². The Morgan fingerprint density at radius 1 is 1.00 bits per heavy atom. The molecule has 5 nitrogen and oxygen atoms in total. The number of aliphatic imine (C=N–C) groups is 1. The molecule has 0 atom stereocenters. The number of ketones is 3. The molecule has 0 amide bonds. The van der Waals surface area contributed by atoms with Crippen molar-refractivity contribution in [3.05, 3.63) is 88.8 Å². The van der Waals surface area contributed by atoms with E-state index in [0.29, 0.717) is 27.6 Å². The van der Waals surface area contributed by atoms with Crippen LogP contribution in [0.2, 0.25) is 5.02 Å². The van der Waals surface area contributed by atoms with Crippen LogP contribution >= 0.6 is 11.6 Å². The molecule has 3 aromatic rings. The Bertz CT molecular complexity index is 1100. The van der Waals surface area contributed by atoms with Crippen LogP contribution < -0.4 is 0 Å². The van der Waals surface area contributed by atoms with Gasteiger partial charge in [0.05, 0.1) is 12.0 Å². The first-order chi connectivity index (χ1) is 14.5. The highest BCUT2D eigenvalue weighted by atomic mass is 35.5. The summed E-state index contributed by atoms with van der Waals surface area (Å²) in [7, 11) is 0. The lowest BCUT2D eigenvalue weighted by molar-refractivity contribution is -0.133. The van der Waals surface area contributed by atoms with Crippen molar-refractivity contribution in [1.29, 1.82) is 0 Å². The number of furan rings is 1. The minimum absolute atomic E-state index is 0.207. The summed E-state index contributed by atoms with van der Waals surface area (Å²) in [5.74, 6) is -1.17. The highest BCUT2D eigenvalue weighted by Gasteiger charge is 2.36. The average Bonchev–Trinajstić information content (AvgIpc) is 3.29. The monoisotopic (exact) mass is 419 g/mol. The van der Waals surface area contributed by atoms with Gasteiger partial charge in [-0.15, -0.1) is 0 Å². The molecule has 4 rings (SSSR count). The van der Waals surface area contributed by atoms with E-state index in [1.807, 2.05) is 6.07 Å². The SMILES string of the molecule is O=C(c1ccccc1)c1cc(Cl)ccc1N=CC1C(=O)CC(c2ccco2)CC1=O. The van der Waals surface area contributed by atoms with Gasteiger partial charge < -0.3 is 4.42 Å².